The summed E-state index contributed by atoms with van der Waals surface area (Å²) in [6.07, 6.45) is 0.322. The first-order chi connectivity index (χ1) is 10.1. The molecule has 2 rings (SSSR count). The summed E-state index contributed by atoms with van der Waals surface area (Å²) in [6, 6.07) is 9.54. The molecule has 0 bridgehead atoms. The number of rotatable bonds is 6. The van der Waals surface area contributed by atoms with Crippen LogP contribution in [0.1, 0.15) is 5.56 Å². The molecule has 1 unspecified atom stereocenters. The van der Waals surface area contributed by atoms with Crippen molar-refractivity contribution < 1.29 is 19.4 Å². The molecule has 5 nitrogen and oxygen atoms in total. The summed E-state index contributed by atoms with van der Waals surface area (Å²) in [5.41, 5.74) is 6.35. The van der Waals surface area contributed by atoms with E-state index >= 15 is 0 Å². The van der Waals surface area contributed by atoms with Gasteiger partial charge in [-0.2, -0.15) is 0 Å². The molecule has 0 amide bonds. The first-order valence-electron chi connectivity index (χ1n) is 6.67. The fourth-order valence-electron chi connectivity index (χ4n) is 2.39. The lowest BCUT2D eigenvalue weighted by Crippen LogP contribution is -2.25. The number of nitrogens with two attached hydrogens (primary N) is 1. The number of benzene rings is 2. The smallest absolute Gasteiger partial charge is 0.308 e. The number of carboxylic acid groups (broad SMARTS) is 1. The van der Waals surface area contributed by atoms with Gasteiger partial charge in [-0.25, -0.2) is 0 Å². The van der Waals surface area contributed by atoms with Crippen LogP contribution >= 0.6 is 12.4 Å². The third kappa shape index (κ3) is 3.61. The highest BCUT2D eigenvalue weighted by molar-refractivity contribution is 5.90. The van der Waals surface area contributed by atoms with Crippen LogP contribution in [0.25, 0.3) is 10.8 Å². The van der Waals surface area contributed by atoms with Crippen LogP contribution < -0.4 is 15.2 Å². The third-order valence-corrected chi connectivity index (χ3v) is 3.56. The van der Waals surface area contributed by atoms with Gasteiger partial charge in [0.25, 0.3) is 0 Å². The molecule has 0 heterocycles. The average molecular weight is 326 g/mol. The Hall–Kier alpha value is -1.98. The SMILES string of the molecule is COc1cc2cccc(OC)c2cc1CC(CN)C(=O)O.Cl. The molecule has 0 spiro atoms. The van der Waals surface area contributed by atoms with Crippen LogP contribution in [0.4, 0.5) is 0 Å². The molecule has 6 heteroatoms. The molecular weight excluding hydrogens is 306 g/mol. The van der Waals surface area contributed by atoms with Crippen LogP contribution in [-0.2, 0) is 11.2 Å². The molecule has 1 atom stereocenters. The van der Waals surface area contributed by atoms with Crippen molar-refractivity contribution >= 4 is 29.1 Å². The number of carbonyl (C=O) groups is 1. The number of halogens is 1. The van der Waals surface area contributed by atoms with Crippen molar-refractivity contribution in [2.75, 3.05) is 20.8 Å². The van der Waals surface area contributed by atoms with Gasteiger partial charge < -0.3 is 20.3 Å². The van der Waals surface area contributed by atoms with Gasteiger partial charge in [-0.1, -0.05) is 12.1 Å². The van der Waals surface area contributed by atoms with Crippen molar-refractivity contribution in [1.29, 1.82) is 0 Å². The molecular formula is C16H20ClNO4. The maximum atomic E-state index is 11.2. The summed E-state index contributed by atoms with van der Waals surface area (Å²) in [5, 5.41) is 11.1. The van der Waals surface area contributed by atoms with E-state index in [2.05, 4.69) is 0 Å². The van der Waals surface area contributed by atoms with Gasteiger partial charge in [-0.3, -0.25) is 4.79 Å². The standard InChI is InChI=1S/C16H19NO4.ClH/c1-20-14-5-3-4-10-8-15(21-2)11(7-13(10)14)6-12(9-17)16(18)19;/h3-5,7-8,12H,6,9,17H2,1-2H3,(H,18,19);1H. The van der Waals surface area contributed by atoms with Crippen LogP contribution in [0, 0.1) is 5.92 Å². The fraction of sp³-hybridized carbons (Fsp3) is 0.312. The van der Waals surface area contributed by atoms with Gasteiger partial charge >= 0.3 is 5.97 Å². The minimum Gasteiger partial charge on any atom is -0.496 e. The van der Waals surface area contributed by atoms with E-state index in [-0.39, 0.29) is 19.0 Å². The van der Waals surface area contributed by atoms with E-state index in [0.29, 0.717) is 12.2 Å². The van der Waals surface area contributed by atoms with Gasteiger partial charge in [-0.05, 0) is 35.6 Å². The Balaban J connectivity index is 0.00000242. The number of hydrogen-bond donors (Lipinski definition) is 2. The van der Waals surface area contributed by atoms with Crippen molar-refractivity contribution in [2.24, 2.45) is 11.7 Å². The molecule has 0 radical (unpaired) electrons. The van der Waals surface area contributed by atoms with E-state index in [4.69, 9.17) is 20.3 Å². The largest absolute Gasteiger partial charge is 0.496 e. The Labute approximate surface area is 135 Å². The topological polar surface area (TPSA) is 81.8 Å². The number of aliphatic carboxylic acids is 1. The second-order valence-electron chi connectivity index (χ2n) is 4.82. The number of carboxylic acids is 1. The molecule has 0 fully saturated rings. The molecule has 22 heavy (non-hydrogen) atoms. The summed E-state index contributed by atoms with van der Waals surface area (Å²) in [5.74, 6) is -0.128. The molecule has 2 aromatic rings. The molecule has 120 valence electrons. The lowest BCUT2D eigenvalue weighted by Gasteiger charge is -2.15. The highest BCUT2D eigenvalue weighted by Crippen LogP contribution is 2.32. The lowest BCUT2D eigenvalue weighted by molar-refractivity contribution is -0.141. The molecule has 0 aliphatic rings. The molecule has 3 N–H and O–H groups in total. The Morgan fingerprint density at radius 3 is 2.45 bits per heavy atom. The van der Waals surface area contributed by atoms with Crippen LogP contribution in [-0.4, -0.2) is 31.8 Å². The number of ether oxygens (including phenoxy) is 2. The molecule has 0 aliphatic heterocycles. The van der Waals surface area contributed by atoms with Crippen LogP contribution in [0.15, 0.2) is 30.3 Å². The molecule has 2 aromatic carbocycles. The maximum absolute atomic E-state index is 11.2. The normalized spacial score (nSPS) is 11.6. The van der Waals surface area contributed by atoms with Crippen LogP contribution in [0.3, 0.4) is 0 Å². The highest BCUT2D eigenvalue weighted by Gasteiger charge is 2.19. The Morgan fingerprint density at radius 2 is 1.91 bits per heavy atom. The number of hydrogen-bond acceptors (Lipinski definition) is 4. The quantitative estimate of drug-likeness (QED) is 0.852. The van der Waals surface area contributed by atoms with Gasteiger partial charge in [0.05, 0.1) is 20.1 Å². The Kier molecular flexibility index (Phi) is 6.46. The zero-order valence-electron chi connectivity index (χ0n) is 12.5. The third-order valence-electron chi connectivity index (χ3n) is 3.56. The van der Waals surface area contributed by atoms with Gasteiger partial charge in [0, 0.05) is 11.9 Å². The van der Waals surface area contributed by atoms with Crippen LogP contribution in [0.5, 0.6) is 11.5 Å². The predicted octanol–water partition coefficient (Wildman–Crippen LogP) is 2.48. The molecule has 0 saturated carbocycles. The first kappa shape index (κ1) is 18.1. The zero-order chi connectivity index (χ0) is 15.4. The maximum Gasteiger partial charge on any atom is 0.308 e. The lowest BCUT2D eigenvalue weighted by atomic mass is 9.96. The predicted molar refractivity (Wildman–Crippen MR) is 88.2 cm³/mol. The highest BCUT2D eigenvalue weighted by atomic mass is 35.5. The minimum atomic E-state index is -0.903. The van der Waals surface area contributed by atoms with Gasteiger partial charge in [-0.15, -0.1) is 12.4 Å². The first-order valence-corrected chi connectivity index (χ1v) is 6.67. The van der Waals surface area contributed by atoms with Crippen molar-refractivity contribution in [3.63, 3.8) is 0 Å². The van der Waals surface area contributed by atoms with Gasteiger partial charge in [0.15, 0.2) is 0 Å². The second-order valence-corrected chi connectivity index (χ2v) is 4.82. The van der Waals surface area contributed by atoms with E-state index in [1.54, 1.807) is 14.2 Å². The Bertz CT molecular complexity index is 660. The summed E-state index contributed by atoms with van der Waals surface area (Å²) in [7, 11) is 3.18. The van der Waals surface area contributed by atoms with E-state index in [1.165, 1.54) is 0 Å². The number of methoxy groups -OCH3 is 2. The van der Waals surface area contributed by atoms with Crippen LogP contribution in [0.2, 0.25) is 0 Å². The Morgan fingerprint density at radius 1 is 1.23 bits per heavy atom. The fourth-order valence-corrected chi connectivity index (χ4v) is 2.39. The van der Waals surface area contributed by atoms with Gasteiger partial charge in [0.1, 0.15) is 11.5 Å². The average Bonchev–Trinajstić information content (AvgIpc) is 2.50. The molecule has 0 aromatic heterocycles. The monoisotopic (exact) mass is 325 g/mol. The zero-order valence-corrected chi connectivity index (χ0v) is 13.4. The summed E-state index contributed by atoms with van der Waals surface area (Å²) in [4.78, 5) is 11.2. The van der Waals surface area contributed by atoms with Crippen molar-refractivity contribution in [1.82, 2.24) is 0 Å². The second kappa shape index (κ2) is 7.87. The van der Waals surface area contributed by atoms with E-state index in [0.717, 1.165) is 22.1 Å². The summed E-state index contributed by atoms with van der Waals surface area (Å²) >= 11 is 0. The van der Waals surface area contributed by atoms with Crippen molar-refractivity contribution in [3.8, 4) is 11.5 Å². The van der Waals surface area contributed by atoms with Crippen molar-refractivity contribution in [2.45, 2.75) is 6.42 Å². The van der Waals surface area contributed by atoms with Crippen molar-refractivity contribution in [3.05, 3.63) is 35.9 Å². The number of fused-ring (bicyclic) bond motifs is 1. The van der Waals surface area contributed by atoms with E-state index < -0.39 is 11.9 Å². The van der Waals surface area contributed by atoms with E-state index in [9.17, 15) is 4.79 Å². The molecule has 0 saturated heterocycles. The minimum absolute atomic E-state index is 0. The summed E-state index contributed by atoms with van der Waals surface area (Å²) < 4.78 is 10.7. The van der Waals surface area contributed by atoms with E-state index in [1.807, 2.05) is 30.3 Å². The van der Waals surface area contributed by atoms with Gasteiger partial charge in [0.2, 0.25) is 0 Å². The molecule has 0 aliphatic carbocycles. The summed E-state index contributed by atoms with van der Waals surface area (Å²) in [6.45, 7) is 0.0858.